The summed E-state index contributed by atoms with van der Waals surface area (Å²) in [6, 6.07) is -0.477. The molecule has 0 aromatic carbocycles. The number of carbonyl (C=O) groups is 2. The molecule has 3 N–H and O–H groups in total. The molecule has 2 amide bonds. The van der Waals surface area contributed by atoms with Crippen LogP contribution in [0.15, 0.2) is 0 Å². The lowest BCUT2D eigenvalue weighted by Crippen LogP contribution is -2.52. The molecule has 0 spiro atoms. The van der Waals surface area contributed by atoms with Gasteiger partial charge in [0.15, 0.2) is 0 Å². The zero-order valence-electron chi connectivity index (χ0n) is 12.5. The van der Waals surface area contributed by atoms with E-state index in [2.05, 4.69) is 29.8 Å². The second-order valence-corrected chi connectivity index (χ2v) is 5.72. The molecule has 0 radical (unpaired) electrons. The number of carbonyl (C=O) groups excluding carboxylic acids is 2. The summed E-state index contributed by atoms with van der Waals surface area (Å²) < 4.78 is 0. The standard InChI is InChI=1S/C14H27N3O2/c1-5-7-16-12(18)11(4)17-13(19)14(10(2)3)6-8-15-9-14/h10-11,15H,5-9H2,1-4H3,(H,16,18)(H,17,19). The van der Waals surface area contributed by atoms with Crippen molar-refractivity contribution in [3.63, 3.8) is 0 Å². The van der Waals surface area contributed by atoms with E-state index in [1.807, 2.05) is 6.92 Å². The van der Waals surface area contributed by atoms with Gasteiger partial charge in [-0.15, -0.1) is 0 Å². The maximum Gasteiger partial charge on any atom is 0.242 e. The molecule has 19 heavy (non-hydrogen) atoms. The zero-order chi connectivity index (χ0) is 14.5. The summed E-state index contributed by atoms with van der Waals surface area (Å²) >= 11 is 0. The van der Waals surface area contributed by atoms with Gasteiger partial charge in [0.2, 0.25) is 11.8 Å². The summed E-state index contributed by atoms with van der Waals surface area (Å²) in [5.74, 6) is 0.139. The monoisotopic (exact) mass is 269 g/mol. The zero-order valence-corrected chi connectivity index (χ0v) is 12.5. The molecular weight excluding hydrogens is 242 g/mol. The quantitative estimate of drug-likeness (QED) is 0.663. The fourth-order valence-electron chi connectivity index (χ4n) is 2.47. The molecule has 1 rings (SSSR count). The maximum absolute atomic E-state index is 12.5. The van der Waals surface area contributed by atoms with Crippen molar-refractivity contribution >= 4 is 11.8 Å². The van der Waals surface area contributed by atoms with Gasteiger partial charge >= 0.3 is 0 Å². The van der Waals surface area contributed by atoms with Gasteiger partial charge in [0.05, 0.1) is 5.41 Å². The minimum Gasteiger partial charge on any atom is -0.354 e. The smallest absolute Gasteiger partial charge is 0.242 e. The molecule has 2 atom stereocenters. The van der Waals surface area contributed by atoms with E-state index in [0.29, 0.717) is 13.1 Å². The van der Waals surface area contributed by atoms with Gasteiger partial charge in [0.25, 0.3) is 0 Å². The molecule has 1 saturated heterocycles. The molecule has 1 aliphatic heterocycles. The Hall–Kier alpha value is -1.10. The first-order valence-corrected chi connectivity index (χ1v) is 7.23. The van der Waals surface area contributed by atoms with Gasteiger partial charge in [0, 0.05) is 13.1 Å². The lowest BCUT2D eigenvalue weighted by molar-refractivity contribution is -0.136. The fourth-order valence-corrected chi connectivity index (χ4v) is 2.47. The maximum atomic E-state index is 12.5. The Morgan fingerprint density at radius 2 is 2.00 bits per heavy atom. The van der Waals surface area contributed by atoms with Crippen LogP contribution in [0.5, 0.6) is 0 Å². The van der Waals surface area contributed by atoms with E-state index in [1.54, 1.807) is 6.92 Å². The molecule has 0 bridgehead atoms. The van der Waals surface area contributed by atoms with Crippen LogP contribution < -0.4 is 16.0 Å². The van der Waals surface area contributed by atoms with Crippen molar-refractivity contribution in [3.8, 4) is 0 Å². The van der Waals surface area contributed by atoms with Gasteiger partial charge in [0.1, 0.15) is 6.04 Å². The number of amides is 2. The summed E-state index contributed by atoms with van der Waals surface area (Å²) in [6.07, 6.45) is 1.73. The van der Waals surface area contributed by atoms with Crippen LogP contribution in [-0.2, 0) is 9.59 Å². The summed E-state index contributed by atoms with van der Waals surface area (Å²) in [7, 11) is 0. The Morgan fingerprint density at radius 1 is 1.32 bits per heavy atom. The molecule has 1 fully saturated rings. The minimum atomic E-state index is -0.477. The van der Waals surface area contributed by atoms with Crippen LogP contribution in [0.4, 0.5) is 0 Å². The van der Waals surface area contributed by atoms with Crippen LogP contribution in [0.2, 0.25) is 0 Å². The average Bonchev–Trinajstić information content (AvgIpc) is 2.86. The lowest BCUT2D eigenvalue weighted by atomic mass is 9.75. The van der Waals surface area contributed by atoms with Crippen molar-refractivity contribution in [1.29, 1.82) is 0 Å². The Bertz CT molecular complexity index is 323. The first-order chi connectivity index (χ1) is 8.94. The van der Waals surface area contributed by atoms with Crippen LogP contribution in [-0.4, -0.2) is 37.5 Å². The molecule has 5 heteroatoms. The van der Waals surface area contributed by atoms with Crippen LogP contribution in [0, 0.1) is 11.3 Å². The highest BCUT2D eigenvalue weighted by Crippen LogP contribution is 2.34. The van der Waals surface area contributed by atoms with Gasteiger partial charge in [-0.1, -0.05) is 20.8 Å². The average molecular weight is 269 g/mol. The van der Waals surface area contributed by atoms with Crippen LogP contribution in [0.1, 0.15) is 40.5 Å². The molecule has 0 aromatic heterocycles. The van der Waals surface area contributed by atoms with Gasteiger partial charge < -0.3 is 16.0 Å². The Balaban J connectivity index is 2.60. The first kappa shape index (κ1) is 16.0. The summed E-state index contributed by atoms with van der Waals surface area (Å²) in [6.45, 7) is 10.1. The number of hydrogen-bond donors (Lipinski definition) is 3. The number of rotatable bonds is 6. The van der Waals surface area contributed by atoms with E-state index in [0.717, 1.165) is 19.4 Å². The Labute approximate surface area is 115 Å². The van der Waals surface area contributed by atoms with Crippen molar-refractivity contribution in [1.82, 2.24) is 16.0 Å². The molecule has 0 saturated carbocycles. The highest BCUT2D eigenvalue weighted by atomic mass is 16.2. The second-order valence-electron chi connectivity index (χ2n) is 5.72. The third-order valence-corrected chi connectivity index (χ3v) is 4.04. The Kier molecular flexibility index (Phi) is 5.79. The van der Waals surface area contributed by atoms with Crippen molar-refractivity contribution < 1.29 is 9.59 Å². The molecule has 2 unspecified atom stereocenters. The SMILES string of the molecule is CCCNC(=O)C(C)NC(=O)C1(C(C)C)CCNC1. The summed E-state index contributed by atoms with van der Waals surface area (Å²) in [5.41, 5.74) is -0.376. The summed E-state index contributed by atoms with van der Waals surface area (Å²) in [4.78, 5) is 24.3. The Morgan fingerprint density at radius 3 is 2.47 bits per heavy atom. The largest absolute Gasteiger partial charge is 0.354 e. The molecular formula is C14H27N3O2. The van der Waals surface area contributed by atoms with Gasteiger partial charge in [-0.2, -0.15) is 0 Å². The third kappa shape index (κ3) is 3.69. The van der Waals surface area contributed by atoms with E-state index in [9.17, 15) is 9.59 Å². The minimum absolute atomic E-state index is 0.00773. The van der Waals surface area contributed by atoms with Crippen LogP contribution in [0.3, 0.4) is 0 Å². The molecule has 0 aromatic rings. The first-order valence-electron chi connectivity index (χ1n) is 7.23. The highest BCUT2D eigenvalue weighted by molar-refractivity contribution is 5.90. The van der Waals surface area contributed by atoms with Crippen molar-refractivity contribution in [2.24, 2.45) is 11.3 Å². The molecule has 1 heterocycles. The highest BCUT2D eigenvalue weighted by Gasteiger charge is 2.44. The van der Waals surface area contributed by atoms with Gasteiger partial charge in [-0.05, 0) is 32.2 Å². The van der Waals surface area contributed by atoms with Gasteiger partial charge in [-0.3, -0.25) is 9.59 Å². The van der Waals surface area contributed by atoms with Crippen molar-refractivity contribution in [3.05, 3.63) is 0 Å². The molecule has 110 valence electrons. The summed E-state index contributed by atoms with van der Waals surface area (Å²) in [5, 5.41) is 8.91. The predicted octanol–water partition coefficient (Wildman–Crippen LogP) is 0.653. The number of hydrogen-bond acceptors (Lipinski definition) is 3. The van der Waals surface area contributed by atoms with Crippen LogP contribution in [0.25, 0.3) is 0 Å². The van der Waals surface area contributed by atoms with E-state index < -0.39 is 6.04 Å². The second kappa shape index (κ2) is 6.89. The molecule has 1 aliphatic rings. The van der Waals surface area contributed by atoms with E-state index >= 15 is 0 Å². The van der Waals surface area contributed by atoms with E-state index in [-0.39, 0.29) is 23.1 Å². The predicted molar refractivity (Wildman–Crippen MR) is 75.7 cm³/mol. The topological polar surface area (TPSA) is 70.2 Å². The van der Waals surface area contributed by atoms with Crippen molar-refractivity contribution in [2.75, 3.05) is 19.6 Å². The van der Waals surface area contributed by atoms with Crippen LogP contribution >= 0.6 is 0 Å². The van der Waals surface area contributed by atoms with E-state index in [1.165, 1.54) is 0 Å². The number of nitrogens with one attached hydrogen (secondary N) is 3. The third-order valence-electron chi connectivity index (χ3n) is 4.04. The molecule has 0 aliphatic carbocycles. The lowest BCUT2D eigenvalue weighted by Gasteiger charge is -2.32. The van der Waals surface area contributed by atoms with Crippen molar-refractivity contribution in [2.45, 2.75) is 46.6 Å². The normalized spacial score (nSPS) is 24.3. The van der Waals surface area contributed by atoms with E-state index in [4.69, 9.17) is 0 Å². The molecule has 5 nitrogen and oxygen atoms in total. The van der Waals surface area contributed by atoms with Gasteiger partial charge in [-0.25, -0.2) is 0 Å². The fraction of sp³-hybridized carbons (Fsp3) is 0.857.